The van der Waals surface area contributed by atoms with Crippen LogP contribution in [-0.4, -0.2) is 17.4 Å². The first kappa shape index (κ1) is 20.5. The highest BCUT2D eigenvalue weighted by Crippen LogP contribution is 2.30. The summed E-state index contributed by atoms with van der Waals surface area (Å²) in [4.78, 5) is 16.3. The van der Waals surface area contributed by atoms with E-state index in [2.05, 4.69) is 46.7 Å². The molecule has 0 bridgehead atoms. The predicted molar refractivity (Wildman–Crippen MR) is 132 cm³/mol. The molecular formula is C27H24N2O2S. The molecule has 0 radical (unpaired) electrons. The van der Waals surface area contributed by atoms with E-state index in [-0.39, 0.29) is 5.91 Å². The molecule has 160 valence electrons. The third-order valence-corrected chi connectivity index (χ3v) is 6.65. The van der Waals surface area contributed by atoms with Crippen LogP contribution in [0.15, 0.2) is 89.5 Å². The minimum atomic E-state index is -0.156. The first-order valence-electron chi connectivity index (χ1n) is 10.7. The first-order chi connectivity index (χ1) is 15.8. The monoisotopic (exact) mass is 440 g/mol. The number of furan rings is 1. The Balaban J connectivity index is 1.29. The van der Waals surface area contributed by atoms with Crippen molar-refractivity contribution in [3.63, 3.8) is 0 Å². The molecule has 0 saturated carbocycles. The second-order valence-electron chi connectivity index (χ2n) is 7.75. The van der Waals surface area contributed by atoms with E-state index in [0.29, 0.717) is 12.3 Å². The Hall–Kier alpha value is -3.44. The molecule has 4 nitrogen and oxygen atoms in total. The van der Waals surface area contributed by atoms with Crippen LogP contribution in [0, 0.1) is 0 Å². The van der Waals surface area contributed by atoms with Crippen LogP contribution >= 0.6 is 11.8 Å². The van der Waals surface area contributed by atoms with Gasteiger partial charge in [-0.2, -0.15) is 11.8 Å². The van der Waals surface area contributed by atoms with Crippen LogP contribution in [0.2, 0.25) is 0 Å². The molecule has 0 saturated heterocycles. The standard InChI is InChI=1S/C27H24N2O2S/c30-27(28-15-14-20-16-29-24-12-6-4-10-21(20)24)26-23(22-11-5-7-13-25(22)31-26)18-32-17-19-8-2-1-3-9-19/h1-13,16,29H,14-15,17-18H2,(H,28,30). The molecule has 1 amide bonds. The summed E-state index contributed by atoms with van der Waals surface area (Å²) in [5.74, 6) is 1.88. The Morgan fingerprint density at radius 2 is 1.62 bits per heavy atom. The molecule has 0 atom stereocenters. The zero-order valence-corrected chi connectivity index (χ0v) is 18.5. The predicted octanol–water partition coefficient (Wildman–Crippen LogP) is 6.32. The second kappa shape index (κ2) is 9.37. The van der Waals surface area contributed by atoms with Gasteiger partial charge in [0.25, 0.3) is 5.91 Å². The molecule has 0 unspecified atom stereocenters. The van der Waals surface area contributed by atoms with Crippen molar-refractivity contribution in [2.24, 2.45) is 0 Å². The average Bonchev–Trinajstić information content (AvgIpc) is 3.42. The van der Waals surface area contributed by atoms with Crippen molar-refractivity contribution in [3.05, 3.63) is 108 Å². The fourth-order valence-electron chi connectivity index (χ4n) is 4.00. The number of thioether (sulfide) groups is 1. The van der Waals surface area contributed by atoms with Crippen molar-refractivity contribution in [2.75, 3.05) is 6.54 Å². The summed E-state index contributed by atoms with van der Waals surface area (Å²) >= 11 is 1.79. The molecular weight excluding hydrogens is 416 g/mol. The van der Waals surface area contributed by atoms with Crippen molar-refractivity contribution >= 4 is 39.5 Å². The molecule has 0 aliphatic carbocycles. The van der Waals surface area contributed by atoms with Gasteiger partial charge in [-0.1, -0.05) is 66.7 Å². The molecule has 2 aromatic heterocycles. The Morgan fingerprint density at radius 3 is 2.50 bits per heavy atom. The third kappa shape index (κ3) is 4.30. The zero-order chi connectivity index (χ0) is 21.8. The molecule has 2 N–H and O–H groups in total. The van der Waals surface area contributed by atoms with Gasteiger partial charge in [-0.05, 0) is 29.7 Å². The number of H-pyrrole nitrogens is 1. The fourth-order valence-corrected chi connectivity index (χ4v) is 5.02. The number of hydrogen-bond acceptors (Lipinski definition) is 3. The number of rotatable bonds is 8. The summed E-state index contributed by atoms with van der Waals surface area (Å²) in [6.45, 7) is 0.550. The molecule has 2 heterocycles. The summed E-state index contributed by atoms with van der Waals surface area (Å²) in [5.41, 5.74) is 5.30. The lowest BCUT2D eigenvalue weighted by Gasteiger charge is -2.06. The highest BCUT2D eigenvalue weighted by atomic mass is 32.2. The number of nitrogens with one attached hydrogen (secondary N) is 2. The third-order valence-electron chi connectivity index (χ3n) is 5.62. The van der Waals surface area contributed by atoms with Gasteiger partial charge in [0, 0.05) is 46.1 Å². The van der Waals surface area contributed by atoms with Crippen molar-refractivity contribution in [2.45, 2.75) is 17.9 Å². The van der Waals surface area contributed by atoms with Gasteiger partial charge in [-0.15, -0.1) is 0 Å². The summed E-state index contributed by atoms with van der Waals surface area (Å²) in [7, 11) is 0. The molecule has 5 heteroatoms. The van der Waals surface area contributed by atoms with Gasteiger partial charge in [-0.25, -0.2) is 0 Å². The molecule has 0 fully saturated rings. The van der Waals surface area contributed by atoms with Crippen molar-refractivity contribution in [1.82, 2.24) is 10.3 Å². The number of carbonyl (C=O) groups excluding carboxylic acids is 1. The zero-order valence-electron chi connectivity index (χ0n) is 17.6. The van der Waals surface area contributed by atoms with Gasteiger partial charge >= 0.3 is 0 Å². The van der Waals surface area contributed by atoms with Crippen LogP contribution in [0.4, 0.5) is 0 Å². The number of aromatic nitrogens is 1. The minimum absolute atomic E-state index is 0.156. The van der Waals surface area contributed by atoms with Crippen LogP contribution in [0.1, 0.15) is 27.2 Å². The Bertz CT molecular complexity index is 1350. The normalized spacial score (nSPS) is 11.2. The van der Waals surface area contributed by atoms with Gasteiger partial charge in [0.2, 0.25) is 0 Å². The molecule has 3 aromatic carbocycles. The summed E-state index contributed by atoms with van der Waals surface area (Å²) in [6, 6.07) is 26.5. The van der Waals surface area contributed by atoms with Crippen molar-refractivity contribution in [1.29, 1.82) is 0 Å². The van der Waals surface area contributed by atoms with Crippen LogP contribution in [0.5, 0.6) is 0 Å². The maximum Gasteiger partial charge on any atom is 0.287 e. The summed E-state index contributed by atoms with van der Waals surface area (Å²) in [5, 5.41) is 5.26. The number of carbonyl (C=O) groups is 1. The fraction of sp³-hybridized carbons (Fsp3) is 0.148. The molecule has 5 rings (SSSR count). The van der Waals surface area contributed by atoms with Gasteiger partial charge in [0.15, 0.2) is 5.76 Å². The second-order valence-corrected chi connectivity index (χ2v) is 8.74. The molecule has 0 aliphatic rings. The number of hydrogen-bond donors (Lipinski definition) is 2. The van der Waals surface area contributed by atoms with E-state index in [9.17, 15) is 4.79 Å². The number of amides is 1. The van der Waals surface area contributed by atoms with E-state index < -0.39 is 0 Å². The highest BCUT2D eigenvalue weighted by Gasteiger charge is 2.20. The number of aromatic amines is 1. The van der Waals surface area contributed by atoms with Gasteiger partial charge in [0.05, 0.1) is 0 Å². The lowest BCUT2D eigenvalue weighted by Crippen LogP contribution is -2.26. The van der Waals surface area contributed by atoms with Crippen LogP contribution in [0.25, 0.3) is 21.9 Å². The Kier molecular flexibility index (Phi) is 5.99. The lowest BCUT2D eigenvalue weighted by atomic mass is 10.1. The van der Waals surface area contributed by atoms with E-state index in [4.69, 9.17) is 4.42 Å². The largest absolute Gasteiger partial charge is 0.451 e. The van der Waals surface area contributed by atoms with Crippen molar-refractivity contribution < 1.29 is 9.21 Å². The topological polar surface area (TPSA) is 58.0 Å². The molecule has 32 heavy (non-hydrogen) atoms. The van der Waals surface area contributed by atoms with Crippen molar-refractivity contribution in [3.8, 4) is 0 Å². The maximum atomic E-state index is 13.0. The van der Waals surface area contributed by atoms with E-state index in [1.54, 1.807) is 11.8 Å². The highest BCUT2D eigenvalue weighted by molar-refractivity contribution is 7.97. The van der Waals surface area contributed by atoms with E-state index in [1.165, 1.54) is 16.5 Å². The SMILES string of the molecule is O=C(NCCc1c[nH]c2ccccc12)c1oc2ccccc2c1CSCc1ccccc1. The van der Waals surface area contributed by atoms with Crippen LogP contribution < -0.4 is 5.32 Å². The van der Waals surface area contributed by atoms with E-state index in [1.807, 2.05) is 48.7 Å². The molecule has 0 spiro atoms. The number of fused-ring (bicyclic) bond motifs is 2. The van der Waals surface area contributed by atoms with E-state index in [0.717, 1.165) is 40.0 Å². The van der Waals surface area contributed by atoms with E-state index >= 15 is 0 Å². The summed E-state index contributed by atoms with van der Waals surface area (Å²) in [6.07, 6.45) is 2.78. The van der Waals surface area contributed by atoms with Gasteiger partial charge in [0.1, 0.15) is 5.58 Å². The lowest BCUT2D eigenvalue weighted by molar-refractivity contribution is 0.0927. The smallest absolute Gasteiger partial charge is 0.287 e. The van der Waals surface area contributed by atoms with Crippen LogP contribution in [-0.2, 0) is 17.9 Å². The number of benzene rings is 3. The van der Waals surface area contributed by atoms with Crippen LogP contribution in [0.3, 0.4) is 0 Å². The molecule has 0 aliphatic heterocycles. The van der Waals surface area contributed by atoms with Gasteiger partial charge < -0.3 is 14.7 Å². The van der Waals surface area contributed by atoms with Gasteiger partial charge in [-0.3, -0.25) is 4.79 Å². The maximum absolute atomic E-state index is 13.0. The quantitative estimate of drug-likeness (QED) is 0.297. The number of para-hydroxylation sites is 2. The Labute approximate surface area is 191 Å². The summed E-state index contributed by atoms with van der Waals surface area (Å²) < 4.78 is 5.99. The first-order valence-corrected chi connectivity index (χ1v) is 11.9. The Morgan fingerprint density at radius 1 is 0.875 bits per heavy atom. The molecule has 5 aromatic rings. The average molecular weight is 441 g/mol. The minimum Gasteiger partial charge on any atom is -0.451 e.